The van der Waals surface area contributed by atoms with Crippen LogP contribution in [0.25, 0.3) is 0 Å². The number of amides is 2. The molecule has 1 saturated carbocycles. The van der Waals surface area contributed by atoms with E-state index >= 15 is 0 Å². The largest absolute Gasteiger partial charge is 0.369 e. The van der Waals surface area contributed by atoms with E-state index in [2.05, 4.69) is 11.5 Å². The number of nitrogens with two attached hydrogens (primary N) is 1. The molecule has 2 fully saturated rings. The molecule has 1 saturated heterocycles. The van der Waals surface area contributed by atoms with Crippen molar-refractivity contribution in [3.63, 3.8) is 0 Å². The van der Waals surface area contributed by atoms with Crippen molar-refractivity contribution in [2.24, 2.45) is 11.7 Å². The van der Waals surface area contributed by atoms with Crippen LogP contribution in [0.3, 0.4) is 0 Å². The predicted molar refractivity (Wildman–Crippen MR) is 108 cm³/mol. The molecule has 3 rings (SSSR count). The fourth-order valence-corrected chi connectivity index (χ4v) is 5.48. The topological polar surface area (TPSA) is 81.2 Å². The summed E-state index contributed by atoms with van der Waals surface area (Å²) in [7, 11) is 0. The van der Waals surface area contributed by atoms with Gasteiger partial charge in [-0.25, -0.2) is 4.98 Å². The average molecular weight is 393 g/mol. The Morgan fingerprint density at radius 3 is 2.52 bits per heavy atom. The fraction of sp³-hybridized carbons (Fsp3) is 0.750. The number of rotatable bonds is 5. The lowest BCUT2D eigenvalue weighted by Crippen LogP contribution is -2.46. The number of imidazole rings is 1. The van der Waals surface area contributed by atoms with Gasteiger partial charge in [0.15, 0.2) is 5.16 Å². The van der Waals surface area contributed by atoms with E-state index in [1.54, 1.807) is 11.8 Å². The quantitative estimate of drug-likeness (QED) is 0.780. The normalized spacial score (nSPS) is 22.6. The third kappa shape index (κ3) is 4.50. The first-order valence-electron chi connectivity index (χ1n) is 10.2. The van der Waals surface area contributed by atoms with Gasteiger partial charge in [-0.3, -0.25) is 9.59 Å². The van der Waals surface area contributed by atoms with Gasteiger partial charge < -0.3 is 15.2 Å². The lowest BCUT2D eigenvalue weighted by atomic mass is 9.95. The zero-order valence-electron chi connectivity index (χ0n) is 16.7. The summed E-state index contributed by atoms with van der Waals surface area (Å²) < 4.78 is 2.37. The van der Waals surface area contributed by atoms with E-state index in [9.17, 15) is 9.59 Å². The molecule has 2 amide bonds. The Labute approximate surface area is 166 Å². The summed E-state index contributed by atoms with van der Waals surface area (Å²) in [6.07, 6.45) is 7.86. The first-order valence-corrected chi connectivity index (χ1v) is 11.1. The van der Waals surface area contributed by atoms with Gasteiger partial charge in [0, 0.05) is 24.8 Å². The van der Waals surface area contributed by atoms with Crippen LogP contribution < -0.4 is 5.73 Å². The van der Waals surface area contributed by atoms with Gasteiger partial charge in [0.2, 0.25) is 11.8 Å². The Morgan fingerprint density at radius 2 is 1.85 bits per heavy atom. The molecular formula is C20H32N4O2S. The third-order valence-electron chi connectivity index (χ3n) is 6.06. The van der Waals surface area contributed by atoms with Crippen LogP contribution in [0.2, 0.25) is 0 Å². The number of hydrogen-bond acceptors (Lipinski definition) is 4. The summed E-state index contributed by atoms with van der Waals surface area (Å²) in [5.41, 5.74) is 7.72. The molecule has 0 radical (unpaired) electrons. The number of thioether (sulfide) groups is 1. The minimum absolute atomic E-state index is 0.0828. The number of carbonyl (C=O) groups is 2. The molecule has 2 atom stereocenters. The smallest absolute Gasteiger partial charge is 0.235 e. The van der Waals surface area contributed by atoms with Crippen LogP contribution in [0, 0.1) is 19.8 Å². The molecule has 2 unspecified atom stereocenters. The summed E-state index contributed by atoms with van der Waals surface area (Å²) >= 11 is 1.55. The van der Waals surface area contributed by atoms with E-state index in [4.69, 9.17) is 10.7 Å². The van der Waals surface area contributed by atoms with Gasteiger partial charge in [-0.2, -0.15) is 0 Å². The van der Waals surface area contributed by atoms with Gasteiger partial charge in [0.05, 0.1) is 16.9 Å². The van der Waals surface area contributed by atoms with Crippen molar-refractivity contribution in [3.8, 4) is 0 Å². The van der Waals surface area contributed by atoms with Crippen molar-refractivity contribution in [2.75, 3.05) is 13.1 Å². The van der Waals surface area contributed by atoms with E-state index in [1.165, 1.54) is 37.8 Å². The van der Waals surface area contributed by atoms with Crippen molar-refractivity contribution in [3.05, 3.63) is 11.4 Å². The van der Waals surface area contributed by atoms with Crippen LogP contribution in [-0.2, 0) is 9.59 Å². The molecule has 2 N–H and O–H groups in total. The van der Waals surface area contributed by atoms with Crippen molar-refractivity contribution >= 4 is 23.6 Å². The molecule has 6 nitrogen and oxygen atoms in total. The van der Waals surface area contributed by atoms with Gasteiger partial charge in [0.1, 0.15) is 0 Å². The number of nitrogens with zero attached hydrogens (tertiary/aromatic N) is 3. The van der Waals surface area contributed by atoms with Crippen LogP contribution in [0.4, 0.5) is 0 Å². The number of primary amides is 1. The molecule has 0 aromatic carbocycles. The van der Waals surface area contributed by atoms with Crippen LogP contribution >= 0.6 is 11.8 Å². The number of likely N-dealkylation sites (tertiary alicyclic amines) is 1. The fourth-order valence-electron chi connectivity index (χ4n) is 4.32. The summed E-state index contributed by atoms with van der Waals surface area (Å²) in [4.78, 5) is 31.1. The van der Waals surface area contributed by atoms with E-state index in [0.717, 1.165) is 23.7 Å². The second kappa shape index (κ2) is 8.67. The monoisotopic (exact) mass is 392 g/mol. The molecule has 0 spiro atoms. The van der Waals surface area contributed by atoms with Crippen LogP contribution in [0.1, 0.15) is 69.3 Å². The summed E-state index contributed by atoms with van der Waals surface area (Å²) in [5, 5.41) is 0.737. The first kappa shape index (κ1) is 20.2. The Hall–Kier alpha value is -1.50. The second-order valence-corrected chi connectivity index (χ2v) is 9.32. The molecule has 1 aromatic heterocycles. The van der Waals surface area contributed by atoms with Crippen LogP contribution in [0.15, 0.2) is 5.16 Å². The maximum Gasteiger partial charge on any atom is 0.235 e. The molecule has 0 bridgehead atoms. The van der Waals surface area contributed by atoms with Gasteiger partial charge in [-0.05, 0) is 46.5 Å². The maximum absolute atomic E-state index is 13.0. The molecule has 27 heavy (non-hydrogen) atoms. The summed E-state index contributed by atoms with van der Waals surface area (Å²) in [5.74, 6) is -0.431. The average Bonchev–Trinajstić information content (AvgIpc) is 2.95. The van der Waals surface area contributed by atoms with Gasteiger partial charge in [0.25, 0.3) is 0 Å². The molecule has 2 heterocycles. The molecule has 2 aliphatic rings. The van der Waals surface area contributed by atoms with Crippen molar-refractivity contribution < 1.29 is 9.59 Å². The molecule has 1 aromatic rings. The molecular weight excluding hydrogens is 360 g/mol. The number of aryl methyl sites for hydroxylation is 1. The highest BCUT2D eigenvalue weighted by atomic mass is 32.2. The molecule has 1 aliphatic heterocycles. The zero-order chi connectivity index (χ0) is 19.6. The molecule has 1 aliphatic carbocycles. The third-order valence-corrected chi connectivity index (χ3v) is 7.11. The Morgan fingerprint density at radius 1 is 1.15 bits per heavy atom. The maximum atomic E-state index is 13.0. The molecule has 7 heteroatoms. The lowest BCUT2D eigenvalue weighted by Gasteiger charge is -2.33. The van der Waals surface area contributed by atoms with E-state index in [1.807, 2.05) is 18.7 Å². The van der Waals surface area contributed by atoms with Gasteiger partial charge in [-0.15, -0.1) is 0 Å². The Balaban J connectivity index is 1.72. The SMILES string of the molecule is Cc1nc(SC(C)C(=O)N2CCCC(C(N)=O)C2)n(C2CCCCC2)c1C. The highest BCUT2D eigenvalue weighted by Crippen LogP contribution is 2.36. The van der Waals surface area contributed by atoms with Crippen molar-refractivity contribution in [1.29, 1.82) is 0 Å². The van der Waals surface area contributed by atoms with Gasteiger partial charge >= 0.3 is 0 Å². The van der Waals surface area contributed by atoms with Crippen LogP contribution in [-0.4, -0.2) is 44.6 Å². The second-order valence-electron chi connectivity index (χ2n) is 8.01. The summed E-state index contributed by atoms with van der Waals surface area (Å²) in [6, 6.07) is 0.499. The predicted octanol–water partition coefficient (Wildman–Crippen LogP) is 3.21. The van der Waals surface area contributed by atoms with Crippen molar-refractivity contribution in [1.82, 2.24) is 14.5 Å². The Kier molecular flexibility index (Phi) is 6.50. The minimum atomic E-state index is -0.299. The van der Waals surface area contributed by atoms with E-state index in [0.29, 0.717) is 19.1 Å². The summed E-state index contributed by atoms with van der Waals surface area (Å²) in [6.45, 7) is 7.30. The standard InChI is InChI=1S/C20H32N4O2S/c1-13-14(2)24(17-9-5-4-6-10-17)20(22-13)27-15(3)19(26)23-11-7-8-16(12-23)18(21)25/h15-17H,4-12H2,1-3H3,(H2,21,25). The zero-order valence-corrected chi connectivity index (χ0v) is 17.6. The van der Waals surface area contributed by atoms with Gasteiger partial charge in [-0.1, -0.05) is 31.0 Å². The number of aromatic nitrogens is 2. The molecule has 150 valence electrons. The lowest BCUT2D eigenvalue weighted by molar-refractivity contribution is -0.134. The van der Waals surface area contributed by atoms with E-state index < -0.39 is 0 Å². The number of piperidine rings is 1. The highest BCUT2D eigenvalue weighted by Gasteiger charge is 2.31. The first-order chi connectivity index (χ1) is 12.9. The van der Waals surface area contributed by atoms with Crippen LogP contribution in [0.5, 0.6) is 0 Å². The number of carbonyl (C=O) groups excluding carboxylic acids is 2. The van der Waals surface area contributed by atoms with E-state index in [-0.39, 0.29) is 23.0 Å². The minimum Gasteiger partial charge on any atom is -0.369 e. The highest BCUT2D eigenvalue weighted by molar-refractivity contribution is 8.00. The Bertz CT molecular complexity index is 696. The number of hydrogen-bond donors (Lipinski definition) is 1. The van der Waals surface area contributed by atoms with Crippen molar-refractivity contribution in [2.45, 2.75) is 82.2 Å².